The molecule has 8 nitrogen and oxygen atoms in total. The predicted molar refractivity (Wildman–Crippen MR) is 131 cm³/mol. The highest BCUT2D eigenvalue weighted by molar-refractivity contribution is 6.05. The van der Waals surface area contributed by atoms with Gasteiger partial charge >= 0.3 is 0 Å². The Morgan fingerprint density at radius 1 is 0.943 bits per heavy atom. The first-order chi connectivity index (χ1) is 17.0. The van der Waals surface area contributed by atoms with E-state index in [2.05, 4.69) is 46.3 Å². The summed E-state index contributed by atoms with van der Waals surface area (Å²) in [6.45, 7) is 9.48. The van der Waals surface area contributed by atoms with Crippen LogP contribution in [0, 0.1) is 0 Å². The number of ether oxygens (including phenoxy) is 1. The number of piperidine rings is 1. The Morgan fingerprint density at radius 2 is 1.66 bits per heavy atom. The maximum atomic E-state index is 13.0. The van der Waals surface area contributed by atoms with Crippen LogP contribution >= 0.6 is 0 Å². The number of nitrogens with one attached hydrogen (secondary N) is 1. The lowest BCUT2D eigenvalue weighted by molar-refractivity contribution is -0.136. The Morgan fingerprint density at radius 3 is 2.37 bits per heavy atom. The van der Waals surface area contributed by atoms with Gasteiger partial charge in [-0.15, -0.1) is 0 Å². The van der Waals surface area contributed by atoms with Crippen LogP contribution < -0.4 is 10.1 Å². The molecule has 3 aliphatic heterocycles. The van der Waals surface area contributed by atoms with Gasteiger partial charge in [0.1, 0.15) is 18.4 Å². The molecule has 0 saturated carbocycles. The molecule has 35 heavy (non-hydrogen) atoms. The van der Waals surface area contributed by atoms with Gasteiger partial charge in [-0.25, -0.2) is 0 Å². The molecule has 5 rings (SSSR count). The number of piperazine rings is 1. The lowest BCUT2D eigenvalue weighted by Crippen LogP contribution is -2.52. The molecule has 2 fully saturated rings. The number of carbonyl (C=O) groups excluding carboxylic acids is 3. The van der Waals surface area contributed by atoms with Gasteiger partial charge < -0.3 is 14.5 Å². The molecule has 3 amide bonds. The van der Waals surface area contributed by atoms with Crippen molar-refractivity contribution in [2.75, 3.05) is 32.7 Å². The lowest BCUT2D eigenvalue weighted by atomic mass is 10.0. The fourth-order valence-electron chi connectivity index (χ4n) is 5.12. The van der Waals surface area contributed by atoms with Gasteiger partial charge in [-0.1, -0.05) is 37.3 Å². The second kappa shape index (κ2) is 10.2. The minimum atomic E-state index is -0.627. The third-order valence-corrected chi connectivity index (χ3v) is 7.27. The molecule has 3 aliphatic rings. The molecular weight excluding hydrogens is 444 g/mol. The Labute approximate surface area is 205 Å². The fraction of sp³-hybridized carbons (Fsp3) is 0.444. The highest BCUT2D eigenvalue weighted by Crippen LogP contribution is 2.34. The Balaban J connectivity index is 1.19. The second-order valence-corrected chi connectivity index (χ2v) is 9.50. The first-order valence-corrected chi connectivity index (χ1v) is 12.4. The summed E-state index contributed by atoms with van der Waals surface area (Å²) >= 11 is 0. The highest BCUT2D eigenvalue weighted by atomic mass is 16.5. The summed E-state index contributed by atoms with van der Waals surface area (Å²) in [5, 5.41) is 2.34. The molecule has 0 aliphatic carbocycles. The number of benzene rings is 2. The van der Waals surface area contributed by atoms with Crippen molar-refractivity contribution < 1.29 is 19.1 Å². The Hall–Kier alpha value is -3.23. The van der Waals surface area contributed by atoms with Gasteiger partial charge in [-0.3, -0.25) is 24.6 Å². The zero-order valence-corrected chi connectivity index (χ0v) is 20.2. The molecule has 0 radical (unpaired) electrons. The number of hydrogen-bond acceptors (Lipinski definition) is 6. The summed E-state index contributed by atoms with van der Waals surface area (Å²) in [5.74, 6) is -0.227. The fourth-order valence-corrected chi connectivity index (χ4v) is 5.12. The van der Waals surface area contributed by atoms with E-state index in [4.69, 9.17) is 4.74 Å². The van der Waals surface area contributed by atoms with E-state index >= 15 is 0 Å². The van der Waals surface area contributed by atoms with Gasteiger partial charge in [0.25, 0.3) is 5.91 Å². The molecule has 2 saturated heterocycles. The number of rotatable bonds is 7. The summed E-state index contributed by atoms with van der Waals surface area (Å²) < 4.78 is 6.13. The summed E-state index contributed by atoms with van der Waals surface area (Å²) in [4.78, 5) is 43.3. The van der Waals surface area contributed by atoms with Crippen molar-refractivity contribution in [3.63, 3.8) is 0 Å². The number of fused-ring (bicyclic) bond motifs is 1. The molecule has 0 spiro atoms. The number of carbonyl (C=O) groups is 3. The second-order valence-electron chi connectivity index (χ2n) is 9.50. The number of imide groups is 1. The van der Waals surface area contributed by atoms with E-state index in [0.717, 1.165) is 50.4 Å². The largest absolute Gasteiger partial charge is 0.489 e. The van der Waals surface area contributed by atoms with Crippen molar-refractivity contribution in [1.29, 1.82) is 0 Å². The molecule has 1 atom stereocenters. The van der Waals surface area contributed by atoms with E-state index in [9.17, 15) is 14.4 Å². The third kappa shape index (κ3) is 5.09. The Bertz CT molecular complexity index is 1110. The molecule has 0 unspecified atom stereocenters. The monoisotopic (exact) mass is 476 g/mol. The van der Waals surface area contributed by atoms with Crippen molar-refractivity contribution in [3.05, 3.63) is 64.7 Å². The van der Waals surface area contributed by atoms with Gasteiger partial charge in [-0.05, 0) is 36.2 Å². The van der Waals surface area contributed by atoms with Crippen molar-refractivity contribution in [3.8, 4) is 5.75 Å². The van der Waals surface area contributed by atoms with Crippen LogP contribution in [0.15, 0.2) is 42.5 Å². The summed E-state index contributed by atoms with van der Waals surface area (Å²) in [7, 11) is 0. The van der Waals surface area contributed by atoms with Crippen LogP contribution in [-0.4, -0.2) is 71.2 Å². The zero-order chi connectivity index (χ0) is 24.4. The van der Waals surface area contributed by atoms with Crippen LogP contribution in [0.3, 0.4) is 0 Å². The van der Waals surface area contributed by atoms with Gasteiger partial charge in [0.15, 0.2) is 0 Å². The highest BCUT2D eigenvalue weighted by Gasteiger charge is 2.40. The molecule has 2 aromatic rings. The number of amides is 3. The van der Waals surface area contributed by atoms with Crippen molar-refractivity contribution in [1.82, 2.24) is 20.0 Å². The standard InChI is InChI=1S/C27H32N4O4/c1-2-29-12-14-30(15-13-29)16-19-6-8-20(9-7-19)18-35-24-5-3-4-21-22(24)17-31(27(21)34)23-10-11-25(32)28-26(23)33/h3-9,23H,2,10-18H2,1H3,(H,28,32,33)/t23-/m1/s1. The molecule has 3 heterocycles. The van der Waals surface area contributed by atoms with Crippen LogP contribution in [0.25, 0.3) is 0 Å². The van der Waals surface area contributed by atoms with Crippen LogP contribution in [0.1, 0.15) is 46.8 Å². The Kier molecular flexibility index (Phi) is 6.83. The van der Waals surface area contributed by atoms with Crippen LogP contribution in [-0.2, 0) is 29.3 Å². The molecule has 0 aromatic heterocycles. The van der Waals surface area contributed by atoms with Crippen LogP contribution in [0.4, 0.5) is 0 Å². The first kappa shape index (κ1) is 23.5. The lowest BCUT2D eigenvalue weighted by Gasteiger charge is -2.34. The summed E-state index contributed by atoms with van der Waals surface area (Å²) in [6.07, 6.45) is 0.589. The maximum absolute atomic E-state index is 13.0. The normalized spacial score (nSPS) is 21.2. The first-order valence-electron chi connectivity index (χ1n) is 12.4. The van der Waals surface area contributed by atoms with E-state index in [0.29, 0.717) is 30.9 Å². The molecule has 0 bridgehead atoms. The molecular formula is C27H32N4O4. The molecule has 1 N–H and O–H groups in total. The quantitative estimate of drug-likeness (QED) is 0.617. The number of hydrogen-bond donors (Lipinski definition) is 1. The van der Waals surface area contributed by atoms with Crippen LogP contribution in [0.5, 0.6) is 5.75 Å². The molecule has 184 valence electrons. The van der Waals surface area contributed by atoms with Crippen molar-refractivity contribution >= 4 is 17.7 Å². The van der Waals surface area contributed by atoms with Gasteiger partial charge in [0.2, 0.25) is 11.8 Å². The SMILES string of the molecule is CCN1CCN(Cc2ccc(COc3cccc4c3CN([C@@H]3CCC(=O)NC3=O)C4=O)cc2)CC1. The van der Waals surface area contributed by atoms with Gasteiger partial charge in [0.05, 0.1) is 6.54 Å². The van der Waals surface area contributed by atoms with Gasteiger partial charge in [-0.2, -0.15) is 0 Å². The average molecular weight is 477 g/mol. The van der Waals surface area contributed by atoms with Crippen LogP contribution in [0.2, 0.25) is 0 Å². The summed E-state index contributed by atoms with van der Waals surface area (Å²) in [6, 6.07) is 13.3. The van der Waals surface area contributed by atoms with Crippen molar-refractivity contribution in [2.24, 2.45) is 0 Å². The topological polar surface area (TPSA) is 82.2 Å². The molecule has 2 aromatic carbocycles. The predicted octanol–water partition coefficient (Wildman–Crippen LogP) is 2.16. The van der Waals surface area contributed by atoms with E-state index in [1.807, 2.05) is 6.07 Å². The van der Waals surface area contributed by atoms with E-state index in [1.54, 1.807) is 17.0 Å². The average Bonchev–Trinajstić information content (AvgIpc) is 3.21. The summed E-state index contributed by atoms with van der Waals surface area (Å²) in [5.41, 5.74) is 3.72. The number of nitrogens with zero attached hydrogens (tertiary/aromatic N) is 3. The maximum Gasteiger partial charge on any atom is 0.255 e. The zero-order valence-electron chi connectivity index (χ0n) is 20.2. The molecule has 8 heteroatoms. The number of likely N-dealkylation sites (N-methyl/N-ethyl adjacent to an activating group) is 1. The smallest absolute Gasteiger partial charge is 0.255 e. The minimum absolute atomic E-state index is 0.191. The van der Waals surface area contributed by atoms with Crippen molar-refractivity contribution in [2.45, 2.75) is 45.5 Å². The van der Waals surface area contributed by atoms with E-state index < -0.39 is 11.9 Å². The minimum Gasteiger partial charge on any atom is -0.489 e. The van der Waals surface area contributed by atoms with E-state index in [1.165, 1.54) is 5.56 Å². The van der Waals surface area contributed by atoms with Gasteiger partial charge in [0, 0.05) is 50.3 Å². The van der Waals surface area contributed by atoms with E-state index in [-0.39, 0.29) is 18.2 Å². The third-order valence-electron chi connectivity index (χ3n) is 7.27.